The molecule has 5 heteroatoms. The molecule has 0 spiro atoms. The molecule has 1 atom stereocenters. The zero-order valence-electron chi connectivity index (χ0n) is 15.7. The number of rotatable bonds is 10. The molecule has 5 nitrogen and oxygen atoms in total. The van der Waals surface area contributed by atoms with Crippen LogP contribution in [0.1, 0.15) is 38.3 Å². The zero-order chi connectivity index (χ0) is 18.8. The molecule has 2 rings (SSSR count). The summed E-state index contributed by atoms with van der Waals surface area (Å²) in [5, 5.41) is 3.00. The number of ether oxygens (including phenoxy) is 3. The first-order valence-corrected chi connectivity index (χ1v) is 8.92. The molecule has 140 valence electrons. The van der Waals surface area contributed by atoms with E-state index < -0.39 is 0 Å². The summed E-state index contributed by atoms with van der Waals surface area (Å²) in [5.41, 5.74) is 0.967. The second-order valence-corrected chi connectivity index (χ2v) is 5.89. The van der Waals surface area contributed by atoms with Crippen LogP contribution < -0.4 is 19.5 Å². The highest BCUT2D eigenvalue weighted by atomic mass is 16.5. The van der Waals surface area contributed by atoms with Gasteiger partial charge in [-0.3, -0.25) is 4.79 Å². The summed E-state index contributed by atoms with van der Waals surface area (Å²) < 4.78 is 16.4. The maximum absolute atomic E-state index is 12.1. The highest BCUT2D eigenvalue weighted by Crippen LogP contribution is 2.24. The van der Waals surface area contributed by atoms with Crippen LogP contribution in [0.25, 0.3) is 0 Å². The fourth-order valence-corrected chi connectivity index (χ4v) is 2.64. The molecule has 0 saturated carbocycles. The Balaban J connectivity index is 1.71. The van der Waals surface area contributed by atoms with Crippen molar-refractivity contribution in [2.45, 2.75) is 32.7 Å². The molecule has 1 amide bonds. The third-order valence-electron chi connectivity index (χ3n) is 3.93. The van der Waals surface area contributed by atoms with Crippen LogP contribution in [0.5, 0.6) is 17.2 Å². The van der Waals surface area contributed by atoms with Gasteiger partial charge in [-0.05, 0) is 50.6 Å². The van der Waals surface area contributed by atoms with Crippen molar-refractivity contribution in [3.63, 3.8) is 0 Å². The van der Waals surface area contributed by atoms with Crippen molar-refractivity contribution in [1.82, 2.24) is 5.32 Å². The highest BCUT2D eigenvalue weighted by Gasteiger charge is 2.13. The van der Waals surface area contributed by atoms with Gasteiger partial charge in [0.05, 0.1) is 26.4 Å². The molecular weight excluding hydrogens is 330 g/mol. The van der Waals surface area contributed by atoms with Gasteiger partial charge in [0.1, 0.15) is 17.2 Å². The molecular formula is C21H27NO4. The van der Waals surface area contributed by atoms with Crippen LogP contribution in [-0.4, -0.2) is 26.2 Å². The van der Waals surface area contributed by atoms with Crippen LogP contribution in [0.4, 0.5) is 0 Å². The topological polar surface area (TPSA) is 56.8 Å². The highest BCUT2D eigenvalue weighted by molar-refractivity contribution is 5.76. The van der Waals surface area contributed by atoms with Crippen molar-refractivity contribution >= 4 is 5.91 Å². The number of carbonyl (C=O) groups excluding carboxylic acids is 1. The molecule has 0 fully saturated rings. The van der Waals surface area contributed by atoms with Crippen molar-refractivity contribution in [2.75, 3.05) is 20.3 Å². The van der Waals surface area contributed by atoms with Gasteiger partial charge < -0.3 is 19.5 Å². The van der Waals surface area contributed by atoms with Crippen molar-refractivity contribution in [3.05, 3.63) is 54.1 Å². The van der Waals surface area contributed by atoms with Gasteiger partial charge in [-0.1, -0.05) is 18.2 Å². The van der Waals surface area contributed by atoms with Gasteiger partial charge in [0.2, 0.25) is 5.91 Å². The van der Waals surface area contributed by atoms with E-state index in [4.69, 9.17) is 14.2 Å². The third kappa shape index (κ3) is 5.99. The summed E-state index contributed by atoms with van der Waals surface area (Å²) in [6.45, 7) is 5.03. The number of hydrogen-bond acceptors (Lipinski definition) is 4. The third-order valence-corrected chi connectivity index (χ3v) is 3.93. The van der Waals surface area contributed by atoms with E-state index in [2.05, 4.69) is 5.32 Å². The summed E-state index contributed by atoms with van der Waals surface area (Å²) in [4.78, 5) is 12.1. The Morgan fingerprint density at radius 1 is 1.04 bits per heavy atom. The van der Waals surface area contributed by atoms with E-state index in [1.807, 2.05) is 62.4 Å². The minimum Gasteiger partial charge on any atom is -0.496 e. The van der Waals surface area contributed by atoms with E-state index in [1.54, 1.807) is 7.11 Å². The Kier molecular flexibility index (Phi) is 7.80. The first-order chi connectivity index (χ1) is 12.6. The Hall–Kier alpha value is -2.69. The zero-order valence-corrected chi connectivity index (χ0v) is 15.7. The normalized spacial score (nSPS) is 11.5. The molecule has 0 aliphatic rings. The number of nitrogens with one attached hydrogen (secondary N) is 1. The minimum absolute atomic E-state index is 0.00120. The van der Waals surface area contributed by atoms with Crippen molar-refractivity contribution in [3.8, 4) is 17.2 Å². The minimum atomic E-state index is -0.106. The van der Waals surface area contributed by atoms with Gasteiger partial charge in [0, 0.05) is 12.0 Å². The van der Waals surface area contributed by atoms with E-state index in [9.17, 15) is 4.79 Å². The Morgan fingerprint density at radius 2 is 1.69 bits per heavy atom. The lowest BCUT2D eigenvalue weighted by molar-refractivity contribution is -0.121. The van der Waals surface area contributed by atoms with Gasteiger partial charge >= 0.3 is 0 Å². The quantitative estimate of drug-likeness (QED) is 0.650. The van der Waals surface area contributed by atoms with Crippen LogP contribution in [0.2, 0.25) is 0 Å². The number of carbonyl (C=O) groups is 1. The van der Waals surface area contributed by atoms with E-state index >= 15 is 0 Å². The molecule has 2 aromatic carbocycles. The number of methoxy groups -OCH3 is 1. The molecule has 2 aromatic rings. The number of benzene rings is 2. The molecule has 0 aromatic heterocycles. The lowest BCUT2D eigenvalue weighted by Gasteiger charge is -2.17. The van der Waals surface area contributed by atoms with E-state index in [1.165, 1.54) is 0 Å². The molecule has 1 unspecified atom stereocenters. The molecule has 26 heavy (non-hydrogen) atoms. The summed E-state index contributed by atoms with van der Waals surface area (Å²) in [5.74, 6) is 2.37. The average Bonchev–Trinajstić information content (AvgIpc) is 2.66. The lowest BCUT2D eigenvalue weighted by atomic mass is 10.1. The van der Waals surface area contributed by atoms with Crippen LogP contribution >= 0.6 is 0 Å². The molecule has 0 bridgehead atoms. The maximum atomic E-state index is 12.1. The number of amides is 1. The van der Waals surface area contributed by atoms with E-state index in [0.717, 1.165) is 22.8 Å². The van der Waals surface area contributed by atoms with Crippen molar-refractivity contribution in [2.24, 2.45) is 0 Å². The predicted octanol–water partition coefficient (Wildman–Crippen LogP) is 4.13. The second-order valence-electron chi connectivity index (χ2n) is 5.89. The van der Waals surface area contributed by atoms with E-state index in [0.29, 0.717) is 26.1 Å². The second kappa shape index (κ2) is 10.3. The fourth-order valence-electron chi connectivity index (χ4n) is 2.64. The van der Waals surface area contributed by atoms with Crippen LogP contribution in [0.15, 0.2) is 48.5 Å². The van der Waals surface area contributed by atoms with Crippen molar-refractivity contribution < 1.29 is 19.0 Å². The number of hydrogen-bond donors (Lipinski definition) is 1. The average molecular weight is 357 g/mol. The first-order valence-electron chi connectivity index (χ1n) is 8.92. The Labute approximate surface area is 155 Å². The smallest absolute Gasteiger partial charge is 0.220 e. The van der Waals surface area contributed by atoms with Crippen LogP contribution in [-0.2, 0) is 4.79 Å². The first kappa shape index (κ1) is 19.6. The van der Waals surface area contributed by atoms with Gasteiger partial charge in [-0.15, -0.1) is 0 Å². The lowest BCUT2D eigenvalue weighted by Crippen LogP contribution is -2.27. The molecule has 0 heterocycles. The fraction of sp³-hybridized carbons (Fsp3) is 0.381. The van der Waals surface area contributed by atoms with Gasteiger partial charge in [-0.2, -0.15) is 0 Å². The molecule has 0 saturated heterocycles. The van der Waals surface area contributed by atoms with Gasteiger partial charge in [0.25, 0.3) is 0 Å². The molecule has 0 aliphatic carbocycles. The summed E-state index contributed by atoms with van der Waals surface area (Å²) in [6.07, 6.45) is 1.06. The number of para-hydroxylation sites is 1. The van der Waals surface area contributed by atoms with Crippen LogP contribution in [0, 0.1) is 0 Å². The Bertz CT molecular complexity index is 685. The van der Waals surface area contributed by atoms with Crippen molar-refractivity contribution in [1.29, 1.82) is 0 Å². The van der Waals surface area contributed by atoms with Gasteiger partial charge in [0.15, 0.2) is 0 Å². The summed E-state index contributed by atoms with van der Waals surface area (Å²) in [7, 11) is 1.63. The monoisotopic (exact) mass is 357 g/mol. The Morgan fingerprint density at radius 3 is 2.35 bits per heavy atom. The molecule has 0 radical (unpaired) electrons. The van der Waals surface area contributed by atoms with Gasteiger partial charge in [-0.25, -0.2) is 0 Å². The molecule has 1 N–H and O–H groups in total. The SMILES string of the molecule is CCOc1ccc(OCCCC(=O)NC(C)c2ccccc2OC)cc1. The predicted molar refractivity (Wildman–Crippen MR) is 102 cm³/mol. The van der Waals surface area contributed by atoms with E-state index in [-0.39, 0.29) is 11.9 Å². The molecule has 0 aliphatic heterocycles. The standard InChI is InChI=1S/C21H27NO4/c1-4-25-17-11-13-18(14-12-17)26-15-7-10-21(23)22-16(2)19-8-5-6-9-20(19)24-3/h5-6,8-9,11-14,16H,4,7,10,15H2,1-3H3,(H,22,23). The maximum Gasteiger partial charge on any atom is 0.220 e. The summed E-state index contributed by atoms with van der Waals surface area (Å²) >= 11 is 0. The largest absolute Gasteiger partial charge is 0.496 e. The summed E-state index contributed by atoms with van der Waals surface area (Å²) in [6, 6.07) is 15.1. The van der Waals surface area contributed by atoms with Crippen LogP contribution in [0.3, 0.4) is 0 Å².